The van der Waals surface area contributed by atoms with Gasteiger partial charge in [0.05, 0.1) is 24.0 Å². The summed E-state index contributed by atoms with van der Waals surface area (Å²) < 4.78 is 43.7. The molecule has 0 heterocycles. The second-order valence-electron chi connectivity index (χ2n) is 12.1. The number of fused-ring (bicyclic) bond motifs is 1. The van der Waals surface area contributed by atoms with Gasteiger partial charge in [-0.3, -0.25) is 8.98 Å². The van der Waals surface area contributed by atoms with E-state index in [0.717, 1.165) is 12.0 Å². The topological polar surface area (TPSA) is 78.9 Å². The molecular weight excluding hydrogens is 492 g/mol. The van der Waals surface area contributed by atoms with E-state index in [1.165, 1.54) is 0 Å². The van der Waals surface area contributed by atoms with Crippen LogP contribution in [-0.4, -0.2) is 42.0 Å². The number of allylic oxidation sites excluding steroid dienone is 2. The summed E-state index contributed by atoms with van der Waals surface area (Å²) >= 11 is 0. The maximum Gasteiger partial charge on any atom is 0.309 e. The minimum Gasteiger partial charge on any atom is -0.466 e. The summed E-state index contributed by atoms with van der Waals surface area (Å²) in [7, 11) is -6.00. The fourth-order valence-electron chi connectivity index (χ4n) is 5.28. The van der Waals surface area contributed by atoms with E-state index in [0.29, 0.717) is 13.0 Å². The molecule has 0 spiro atoms. The molecule has 36 heavy (non-hydrogen) atoms. The molecule has 0 bridgehead atoms. The maximum atomic E-state index is 13.1. The van der Waals surface area contributed by atoms with Gasteiger partial charge in [-0.2, -0.15) is 8.42 Å². The van der Waals surface area contributed by atoms with Crippen LogP contribution >= 0.6 is 0 Å². The lowest BCUT2D eigenvalue weighted by atomic mass is 9.62. The van der Waals surface area contributed by atoms with Gasteiger partial charge in [0.1, 0.15) is 0 Å². The fraction of sp³-hybridized carbons (Fsp3) is 0.679. The first-order valence-electron chi connectivity index (χ1n) is 13.1. The van der Waals surface area contributed by atoms with Crippen molar-refractivity contribution in [1.29, 1.82) is 0 Å². The van der Waals surface area contributed by atoms with Gasteiger partial charge < -0.3 is 9.16 Å². The number of hydrogen-bond acceptors (Lipinski definition) is 6. The van der Waals surface area contributed by atoms with Crippen LogP contribution in [0.4, 0.5) is 0 Å². The van der Waals surface area contributed by atoms with Gasteiger partial charge in [0.25, 0.3) is 10.1 Å². The number of carbonyl (C=O) groups is 1. The van der Waals surface area contributed by atoms with Gasteiger partial charge in [0, 0.05) is 12.0 Å². The molecule has 0 radical (unpaired) electrons. The van der Waals surface area contributed by atoms with E-state index >= 15 is 0 Å². The average molecular weight is 537 g/mol. The summed E-state index contributed by atoms with van der Waals surface area (Å²) in [5.74, 6) is -0.261. The molecule has 202 valence electrons. The molecule has 6 nitrogen and oxygen atoms in total. The van der Waals surface area contributed by atoms with Crippen molar-refractivity contribution < 1.29 is 26.6 Å². The molecule has 0 unspecified atom stereocenters. The molecule has 1 aromatic carbocycles. The highest BCUT2D eigenvalue weighted by molar-refractivity contribution is 7.86. The third-order valence-electron chi connectivity index (χ3n) is 8.32. The number of rotatable bonds is 8. The highest BCUT2D eigenvalue weighted by atomic mass is 32.2. The van der Waals surface area contributed by atoms with Crippen molar-refractivity contribution in [2.45, 2.75) is 83.5 Å². The first-order chi connectivity index (χ1) is 16.7. The van der Waals surface area contributed by atoms with Crippen LogP contribution in [0.3, 0.4) is 0 Å². The zero-order chi connectivity index (χ0) is 26.9. The molecule has 8 heteroatoms. The van der Waals surface area contributed by atoms with Crippen molar-refractivity contribution in [2.24, 2.45) is 29.6 Å². The zero-order valence-electron chi connectivity index (χ0n) is 23.1. The highest BCUT2D eigenvalue weighted by Crippen LogP contribution is 2.49. The second kappa shape index (κ2) is 11.1. The molecule has 0 aromatic heterocycles. The first kappa shape index (κ1) is 29.1. The lowest BCUT2D eigenvalue weighted by Gasteiger charge is -2.50. The summed E-state index contributed by atoms with van der Waals surface area (Å²) in [6, 6.07) is 6.71. The van der Waals surface area contributed by atoms with E-state index in [1.807, 2.05) is 13.8 Å². The highest BCUT2D eigenvalue weighted by Gasteiger charge is 2.51. The summed E-state index contributed by atoms with van der Waals surface area (Å²) in [4.78, 5) is 13.3. The standard InChI is InChI=1S/C28H44O6SSi/c1-9-32-27(29)25-20(3)12-13-22-16-21(17-24(26(22)25)34-36(7,8)28(4,5)6)18-33-35(30,31)23-14-10-19(2)11-15-23/h10-15,20-22,24-26H,9,16-18H2,1-8H3/t20-,21-,22-,24-,25-,26+/m0/s1. The van der Waals surface area contributed by atoms with E-state index in [9.17, 15) is 13.2 Å². The van der Waals surface area contributed by atoms with Gasteiger partial charge in [-0.1, -0.05) is 57.5 Å². The Morgan fingerprint density at radius 2 is 1.72 bits per heavy atom. The molecule has 1 aromatic rings. The van der Waals surface area contributed by atoms with Crippen LogP contribution in [-0.2, 0) is 28.3 Å². The number of benzene rings is 1. The molecule has 2 aliphatic rings. The van der Waals surface area contributed by atoms with Gasteiger partial charge in [-0.05, 0) is 74.7 Å². The molecule has 6 atom stereocenters. The van der Waals surface area contributed by atoms with Gasteiger partial charge >= 0.3 is 5.97 Å². The van der Waals surface area contributed by atoms with Gasteiger partial charge in [0.15, 0.2) is 8.32 Å². The molecule has 0 aliphatic heterocycles. The van der Waals surface area contributed by atoms with Crippen LogP contribution in [0.1, 0.15) is 53.0 Å². The Kier molecular flexibility index (Phi) is 8.96. The Labute approximate surface area is 219 Å². The number of hydrogen-bond donors (Lipinski definition) is 0. The third-order valence-corrected chi connectivity index (χ3v) is 14.1. The van der Waals surface area contributed by atoms with Crippen LogP contribution < -0.4 is 0 Å². The lowest BCUT2D eigenvalue weighted by Crippen LogP contribution is -2.53. The maximum absolute atomic E-state index is 13.1. The number of ether oxygens (including phenoxy) is 1. The van der Waals surface area contributed by atoms with Crippen molar-refractivity contribution in [1.82, 2.24) is 0 Å². The smallest absolute Gasteiger partial charge is 0.309 e. The van der Waals surface area contributed by atoms with Crippen molar-refractivity contribution >= 4 is 24.4 Å². The molecule has 0 amide bonds. The number of esters is 1. The van der Waals surface area contributed by atoms with E-state index in [4.69, 9.17) is 13.3 Å². The SMILES string of the molecule is CCOC(=O)[C@@H]1[C@H]2[C@@H](O[Si](C)(C)C(C)(C)C)C[C@@H](COS(=O)(=O)c3ccc(C)cc3)C[C@@H]2C=C[C@@H]1C. The van der Waals surface area contributed by atoms with Crippen LogP contribution in [0.15, 0.2) is 41.3 Å². The van der Waals surface area contributed by atoms with Gasteiger partial charge in [-0.15, -0.1) is 0 Å². The van der Waals surface area contributed by atoms with E-state index in [-0.39, 0.29) is 58.2 Å². The minimum atomic E-state index is -3.85. The van der Waals surface area contributed by atoms with Crippen LogP contribution in [0, 0.1) is 36.5 Å². The predicted octanol–water partition coefficient (Wildman–Crippen LogP) is 6.12. The van der Waals surface area contributed by atoms with E-state index < -0.39 is 18.4 Å². The molecule has 0 N–H and O–H groups in total. The van der Waals surface area contributed by atoms with E-state index in [1.54, 1.807) is 24.3 Å². The molecular formula is C28H44O6SSi. The van der Waals surface area contributed by atoms with Crippen molar-refractivity contribution in [3.8, 4) is 0 Å². The summed E-state index contributed by atoms with van der Waals surface area (Å²) in [5.41, 5.74) is 0.993. The Bertz CT molecular complexity index is 1040. The average Bonchev–Trinajstić information content (AvgIpc) is 2.77. The molecule has 0 saturated heterocycles. The second-order valence-corrected chi connectivity index (χ2v) is 18.4. The monoisotopic (exact) mass is 536 g/mol. The van der Waals surface area contributed by atoms with Crippen LogP contribution in [0.25, 0.3) is 0 Å². The molecule has 2 aliphatic carbocycles. The summed E-state index contributed by atoms with van der Waals surface area (Å²) in [6.45, 7) is 17.4. The Morgan fingerprint density at radius 3 is 2.31 bits per heavy atom. The predicted molar refractivity (Wildman–Crippen MR) is 145 cm³/mol. The minimum absolute atomic E-state index is 0.00198. The van der Waals surface area contributed by atoms with Gasteiger partial charge in [-0.25, -0.2) is 0 Å². The van der Waals surface area contributed by atoms with Crippen molar-refractivity contribution in [3.63, 3.8) is 0 Å². The van der Waals surface area contributed by atoms with E-state index in [2.05, 4.69) is 52.9 Å². The molecule has 1 fully saturated rings. The Morgan fingerprint density at radius 1 is 1.08 bits per heavy atom. The number of carbonyl (C=O) groups excluding carboxylic acids is 1. The van der Waals surface area contributed by atoms with Crippen LogP contribution in [0.5, 0.6) is 0 Å². The summed E-state index contributed by atoms with van der Waals surface area (Å²) in [6.07, 6.45) is 5.56. The molecule has 3 rings (SSSR count). The Hall–Kier alpha value is -1.48. The quantitative estimate of drug-likeness (QED) is 0.172. The fourth-order valence-corrected chi connectivity index (χ4v) is 7.62. The number of aryl methyl sites for hydroxylation is 1. The van der Waals surface area contributed by atoms with Crippen LogP contribution in [0.2, 0.25) is 18.1 Å². The largest absolute Gasteiger partial charge is 0.466 e. The molecule has 1 saturated carbocycles. The first-order valence-corrected chi connectivity index (χ1v) is 17.5. The van der Waals surface area contributed by atoms with Crippen molar-refractivity contribution in [3.05, 3.63) is 42.0 Å². The van der Waals surface area contributed by atoms with Crippen molar-refractivity contribution in [2.75, 3.05) is 13.2 Å². The normalized spacial score (nSPS) is 29.0. The summed E-state index contributed by atoms with van der Waals surface area (Å²) in [5, 5.41) is 0.0102. The third kappa shape index (κ3) is 6.50. The Balaban J connectivity index is 1.86. The van der Waals surface area contributed by atoms with Gasteiger partial charge in [0.2, 0.25) is 0 Å². The zero-order valence-corrected chi connectivity index (χ0v) is 24.9. The lowest BCUT2D eigenvalue weighted by molar-refractivity contribution is -0.157.